The van der Waals surface area contributed by atoms with Gasteiger partial charge in [0.15, 0.2) is 0 Å². The molecule has 1 atom stereocenters. The number of hydrogen-bond acceptors (Lipinski definition) is 3. The van der Waals surface area contributed by atoms with Gasteiger partial charge in [-0.15, -0.1) is 0 Å². The highest BCUT2D eigenvalue weighted by Gasteiger charge is 2.36. The molecule has 1 heterocycles. The summed E-state index contributed by atoms with van der Waals surface area (Å²) in [6, 6.07) is 9.22. The van der Waals surface area contributed by atoms with Gasteiger partial charge in [0.25, 0.3) is 0 Å². The van der Waals surface area contributed by atoms with Gasteiger partial charge in [-0.25, -0.2) is 0 Å². The molecule has 0 radical (unpaired) electrons. The van der Waals surface area contributed by atoms with Crippen LogP contribution in [0.1, 0.15) is 6.42 Å². The van der Waals surface area contributed by atoms with Gasteiger partial charge in [0, 0.05) is 25.7 Å². The largest absolute Gasteiger partial charge is 0.368 e. The maximum absolute atomic E-state index is 12.1. The van der Waals surface area contributed by atoms with Gasteiger partial charge < -0.3 is 15.5 Å². The second-order valence-electron chi connectivity index (χ2n) is 4.90. The van der Waals surface area contributed by atoms with Gasteiger partial charge in [-0.3, -0.25) is 14.4 Å². The van der Waals surface area contributed by atoms with Crippen LogP contribution in [0, 0.1) is 5.92 Å². The summed E-state index contributed by atoms with van der Waals surface area (Å²) in [6.07, 6.45) is 0.164. The SMILES string of the molecule is CN(CC(N)=O)C(=O)C1CC(=O)N(c2ccccc2)C1. The van der Waals surface area contributed by atoms with Gasteiger partial charge in [-0.1, -0.05) is 18.2 Å². The summed E-state index contributed by atoms with van der Waals surface area (Å²) in [5.41, 5.74) is 5.85. The number of primary amides is 1. The van der Waals surface area contributed by atoms with Gasteiger partial charge in [0.1, 0.15) is 0 Å². The lowest BCUT2D eigenvalue weighted by Crippen LogP contribution is -2.39. The van der Waals surface area contributed by atoms with Gasteiger partial charge in [-0.2, -0.15) is 0 Å². The highest BCUT2D eigenvalue weighted by atomic mass is 16.2. The van der Waals surface area contributed by atoms with E-state index in [1.54, 1.807) is 4.90 Å². The first kappa shape index (κ1) is 14.0. The predicted molar refractivity (Wildman–Crippen MR) is 73.7 cm³/mol. The Balaban J connectivity index is 2.05. The van der Waals surface area contributed by atoms with E-state index < -0.39 is 11.8 Å². The first-order chi connectivity index (χ1) is 9.49. The third-order valence-corrected chi connectivity index (χ3v) is 3.31. The minimum atomic E-state index is -0.565. The number of para-hydroxylation sites is 1. The fourth-order valence-electron chi connectivity index (χ4n) is 2.35. The summed E-state index contributed by atoms with van der Waals surface area (Å²) in [5.74, 6) is -1.30. The quantitative estimate of drug-likeness (QED) is 0.838. The molecule has 1 aromatic rings. The lowest BCUT2D eigenvalue weighted by Gasteiger charge is -2.20. The minimum Gasteiger partial charge on any atom is -0.368 e. The molecular formula is C14H17N3O3. The number of carbonyl (C=O) groups is 3. The molecule has 0 aromatic heterocycles. The average molecular weight is 275 g/mol. The van der Waals surface area contributed by atoms with Crippen molar-refractivity contribution in [2.24, 2.45) is 11.7 Å². The number of carbonyl (C=O) groups excluding carboxylic acids is 3. The molecule has 2 rings (SSSR count). The van der Waals surface area contributed by atoms with E-state index in [2.05, 4.69) is 0 Å². The number of amides is 3. The van der Waals surface area contributed by atoms with Crippen LogP contribution in [0.5, 0.6) is 0 Å². The molecule has 0 aliphatic carbocycles. The average Bonchev–Trinajstić information content (AvgIpc) is 2.80. The Kier molecular flexibility index (Phi) is 4.02. The first-order valence-electron chi connectivity index (χ1n) is 6.37. The summed E-state index contributed by atoms with van der Waals surface area (Å²) in [7, 11) is 1.52. The molecule has 3 amide bonds. The van der Waals surface area contributed by atoms with Gasteiger partial charge in [0.2, 0.25) is 17.7 Å². The molecule has 0 spiro atoms. The van der Waals surface area contributed by atoms with Crippen molar-refractivity contribution in [2.75, 3.05) is 25.0 Å². The number of rotatable bonds is 4. The molecule has 6 heteroatoms. The molecule has 1 fully saturated rings. The molecule has 1 aliphatic heterocycles. The standard InChI is InChI=1S/C14H17N3O3/c1-16(9-12(15)18)14(20)10-7-13(19)17(8-10)11-5-3-2-4-6-11/h2-6,10H,7-9H2,1H3,(H2,15,18). The highest BCUT2D eigenvalue weighted by Crippen LogP contribution is 2.25. The Hall–Kier alpha value is -2.37. The maximum Gasteiger partial charge on any atom is 0.237 e. The summed E-state index contributed by atoms with van der Waals surface area (Å²) in [4.78, 5) is 37.8. The Labute approximate surface area is 117 Å². The molecule has 0 saturated carbocycles. The molecule has 106 valence electrons. The van der Waals surface area contributed by atoms with Crippen LogP contribution in [-0.2, 0) is 14.4 Å². The van der Waals surface area contributed by atoms with Crippen LogP contribution in [0.15, 0.2) is 30.3 Å². The molecule has 6 nitrogen and oxygen atoms in total. The normalized spacial score (nSPS) is 18.1. The van der Waals surface area contributed by atoms with E-state index in [0.29, 0.717) is 6.54 Å². The molecule has 1 unspecified atom stereocenters. The zero-order valence-corrected chi connectivity index (χ0v) is 11.3. The zero-order chi connectivity index (χ0) is 14.7. The van der Waals surface area contributed by atoms with E-state index >= 15 is 0 Å². The number of nitrogens with two attached hydrogens (primary N) is 1. The van der Waals surface area contributed by atoms with Crippen LogP contribution >= 0.6 is 0 Å². The van der Waals surface area contributed by atoms with Crippen LogP contribution in [0.3, 0.4) is 0 Å². The Morgan fingerprint density at radius 3 is 2.60 bits per heavy atom. The van der Waals surface area contributed by atoms with Crippen molar-refractivity contribution in [1.82, 2.24) is 4.90 Å². The zero-order valence-electron chi connectivity index (χ0n) is 11.3. The van der Waals surface area contributed by atoms with Gasteiger partial charge in [-0.05, 0) is 12.1 Å². The fraction of sp³-hybridized carbons (Fsp3) is 0.357. The Morgan fingerprint density at radius 1 is 1.35 bits per heavy atom. The van der Waals surface area contributed by atoms with Crippen molar-refractivity contribution in [3.8, 4) is 0 Å². The minimum absolute atomic E-state index is 0.0815. The number of nitrogens with zero attached hydrogens (tertiary/aromatic N) is 2. The molecule has 0 bridgehead atoms. The number of hydrogen-bond donors (Lipinski definition) is 1. The number of likely N-dealkylation sites (N-methyl/N-ethyl adjacent to an activating group) is 1. The molecule has 1 aromatic carbocycles. The van der Waals surface area contributed by atoms with E-state index in [0.717, 1.165) is 5.69 Å². The van der Waals surface area contributed by atoms with Crippen molar-refractivity contribution < 1.29 is 14.4 Å². The Bertz CT molecular complexity index is 530. The summed E-state index contributed by atoms with van der Waals surface area (Å²) in [5, 5.41) is 0. The molecule has 2 N–H and O–H groups in total. The maximum atomic E-state index is 12.1. The lowest BCUT2D eigenvalue weighted by atomic mass is 10.1. The van der Waals surface area contributed by atoms with Crippen LogP contribution in [-0.4, -0.2) is 42.8 Å². The van der Waals surface area contributed by atoms with Crippen LogP contribution < -0.4 is 10.6 Å². The van der Waals surface area contributed by atoms with Crippen molar-refractivity contribution >= 4 is 23.4 Å². The topological polar surface area (TPSA) is 83.7 Å². The van der Waals surface area contributed by atoms with Gasteiger partial charge >= 0.3 is 0 Å². The van der Waals surface area contributed by atoms with Crippen LogP contribution in [0.25, 0.3) is 0 Å². The van der Waals surface area contributed by atoms with E-state index in [9.17, 15) is 14.4 Å². The smallest absolute Gasteiger partial charge is 0.237 e. The summed E-state index contributed by atoms with van der Waals surface area (Å²) >= 11 is 0. The summed E-state index contributed by atoms with van der Waals surface area (Å²) < 4.78 is 0. The third-order valence-electron chi connectivity index (χ3n) is 3.31. The third kappa shape index (κ3) is 2.96. The van der Waals surface area contributed by atoms with Crippen molar-refractivity contribution in [2.45, 2.75) is 6.42 Å². The van der Waals surface area contributed by atoms with Crippen LogP contribution in [0.2, 0.25) is 0 Å². The number of benzene rings is 1. The highest BCUT2D eigenvalue weighted by molar-refractivity contribution is 6.00. The second kappa shape index (κ2) is 5.73. The van der Waals surface area contributed by atoms with Crippen molar-refractivity contribution in [3.63, 3.8) is 0 Å². The molecule has 20 heavy (non-hydrogen) atoms. The van der Waals surface area contributed by atoms with E-state index in [1.807, 2.05) is 30.3 Å². The molecule has 1 saturated heterocycles. The van der Waals surface area contributed by atoms with Crippen LogP contribution in [0.4, 0.5) is 5.69 Å². The molecular weight excluding hydrogens is 258 g/mol. The van der Waals surface area contributed by atoms with E-state index in [-0.39, 0.29) is 24.8 Å². The Morgan fingerprint density at radius 2 is 2.00 bits per heavy atom. The van der Waals surface area contributed by atoms with Gasteiger partial charge in [0.05, 0.1) is 12.5 Å². The summed E-state index contributed by atoms with van der Waals surface area (Å²) in [6.45, 7) is 0.208. The fourth-order valence-corrected chi connectivity index (χ4v) is 2.35. The number of anilines is 1. The lowest BCUT2D eigenvalue weighted by molar-refractivity contribution is -0.137. The second-order valence-corrected chi connectivity index (χ2v) is 4.90. The van der Waals surface area contributed by atoms with Crippen molar-refractivity contribution in [3.05, 3.63) is 30.3 Å². The molecule has 1 aliphatic rings. The van der Waals surface area contributed by atoms with E-state index in [4.69, 9.17) is 5.73 Å². The first-order valence-corrected chi connectivity index (χ1v) is 6.37. The predicted octanol–water partition coefficient (Wildman–Crippen LogP) is -0.0168. The monoisotopic (exact) mass is 275 g/mol. The van der Waals surface area contributed by atoms with E-state index in [1.165, 1.54) is 11.9 Å². The van der Waals surface area contributed by atoms with Crippen molar-refractivity contribution in [1.29, 1.82) is 0 Å².